The predicted molar refractivity (Wildman–Crippen MR) is 85.1 cm³/mol. The fraction of sp³-hybridized carbons (Fsp3) is 0.588. The van der Waals surface area contributed by atoms with Gasteiger partial charge < -0.3 is 10.8 Å². The SMILES string of the molecule is CC.Cc1c(N)c(C(=O)O)cc(C(F)(F)F)c1C1CCC(F)(F)CC1. The number of aromatic carboxylic acids is 1. The molecule has 142 valence electrons. The van der Waals surface area contributed by atoms with Gasteiger partial charge in [-0.3, -0.25) is 0 Å². The number of hydrogen-bond acceptors (Lipinski definition) is 2. The summed E-state index contributed by atoms with van der Waals surface area (Å²) in [6.07, 6.45) is -5.95. The zero-order valence-corrected chi connectivity index (χ0v) is 14.3. The van der Waals surface area contributed by atoms with Crippen molar-refractivity contribution in [3.05, 3.63) is 28.3 Å². The Kier molecular flexibility index (Phi) is 6.42. The van der Waals surface area contributed by atoms with Crippen LogP contribution in [0.15, 0.2) is 6.07 Å². The van der Waals surface area contributed by atoms with Gasteiger partial charge in [0.1, 0.15) is 0 Å². The van der Waals surface area contributed by atoms with E-state index >= 15 is 0 Å². The smallest absolute Gasteiger partial charge is 0.416 e. The third kappa shape index (κ3) is 4.61. The number of halogens is 5. The van der Waals surface area contributed by atoms with Crippen LogP contribution in [0.25, 0.3) is 0 Å². The van der Waals surface area contributed by atoms with Gasteiger partial charge in [-0.25, -0.2) is 13.6 Å². The lowest BCUT2D eigenvalue weighted by atomic mass is 9.77. The molecular weight excluding hydrogens is 345 g/mol. The van der Waals surface area contributed by atoms with Crippen LogP contribution in [0.5, 0.6) is 0 Å². The van der Waals surface area contributed by atoms with Crippen LogP contribution in [-0.4, -0.2) is 17.0 Å². The van der Waals surface area contributed by atoms with Crippen LogP contribution >= 0.6 is 0 Å². The molecule has 3 nitrogen and oxygen atoms in total. The van der Waals surface area contributed by atoms with E-state index < -0.39 is 48.0 Å². The van der Waals surface area contributed by atoms with Crippen molar-refractivity contribution < 1.29 is 31.9 Å². The molecule has 0 bridgehead atoms. The lowest BCUT2D eigenvalue weighted by Crippen LogP contribution is -2.26. The highest BCUT2D eigenvalue weighted by atomic mass is 19.4. The van der Waals surface area contributed by atoms with Crippen LogP contribution in [0, 0.1) is 6.92 Å². The minimum Gasteiger partial charge on any atom is -0.478 e. The quantitative estimate of drug-likeness (QED) is 0.527. The zero-order chi connectivity index (χ0) is 19.6. The average Bonchev–Trinajstić information content (AvgIpc) is 2.51. The van der Waals surface area contributed by atoms with Crippen molar-refractivity contribution >= 4 is 11.7 Å². The van der Waals surface area contributed by atoms with Gasteiger partial charge in [0.25, 0.3) is 0 Å². The molecule has 0 unspecified atom stereocenters. The van der Waals surface area contributed by atoms with Crippen molar-refractivity contribution in [1.82, 2.24) is 0 Å². The van der Waals surface area contributed by atoms with E-state index in [0.717, 1.165) is 0 Å². The number of benzene rings is 1. The van der Waals surface area contributed by atoms with Crippen molar-refractivity contribution in [3.63, 3.8) is 0 Å². The monoisotopic (exact) mass is 367 g/mol. The van der Waals surface area contributed by atoms with E-state index in [9.17, 15) is 26.7 Å². The molecule has 0 spiro atoms. The minimum atomic E-state index is -4.78. The lowest BCUT2D eigenvalue weighted by molar-refractivity contribution is -0.138. The van der Waals surface area contributed by atoms with Gasteiger partial charge in [0.2, 0.25) is 5.92 Å². The van der Waals surface area contributed by atoms with E-state index in [4.69, 9.17) is 10.8 Å². The molecule has 3 N–H and O–H groups in total. The Hall–Kier alpha value is -1.86. The first-order valence-electron chi connectivity index (χ1n) is 8.05. The summed E-state index contributed by atoms with van der Waals surface area (Å²) >= 11 is 0. The van der Waals surface area contributed by atoms with Crippen molar-refractivity contribution in [1.29, 1.82) is 0 Å². The van der Waals surface area contributed by atoms with Gasteiger partial charge in [0.15, 0.2) is 0 Å². The molecule has 1 saturated carbocycles. The maximum absolute atomic E-state index is 13.3. The summed E-state index contributed by atoms with van der Waals surface area (Å²) in [6.45, 7) is 5.30. The Morgan fingerprint density at radius 2 is 1.72 bits per heavy atom. The minimum absolute atomic E-state index is 0.00689. The molecular formula is C17H22F5NO2. The number of alkyl halides is 5. The normalized spacial score (nSPS) is 17.6. The second-order valence-corrected chi connectivity index (χ2v) is 5.86. The molecule has 0 aliphatic heterocycles. The van der Waals surface area contributed by atoms with Crippen molar-refractivity contribution in [2.45, 2.75) is 64.5 Å². The van der Waals surface area contributed by atoms with E-state index in [1.54, 1.807) is 0 Å². The summed E-state index contributed by atoms with van der Waals surface area (Å²) in [5.41, 5.74) is 3.53. The molecule has 0 saturated heterocycles. The molecule has 1 fully saturated rings. The van der Waals surface area contributed by atoms with Crippen molar-refractivity contribution in [2.24, 2.45) is 0 Å². The van der Waals surface area contributed by atoms with Crippen molar-refractivity contribution in [2.75, 3.05) is 5.73 Å². The third-order valence-corrected chi connectivity index (χ3v) is 4.34. The molecule has 0 aromatic heterocycles. The van der Waals surface area contributed by atoms with Gasteiger partial charge in [-0.15, -0.1) is 0 Å². The van der Waals surface area contributed by atoms with E-state index in [-0.39, 0.29) is 29.7 Å². The summed E-state index contributed by atoms with van der Waals surface area (Å²) in [5, 5.41) is 9.00. The molecule has 0 amide bonds. The number of nitrogens with two attached hydrogens (primary N) is 1. The first-order chi connectivity index (χ1) is 11.4. The number of carbonyl (C=O) groups is 1. The maximum atomic E-state index is 13.3. The number of hydrogen-bond donors (Lipinski definition) is 2. The Labute approximate surface area is 143 Å². The fourth-order valence-electron chi connectivity index (χ4n) is 3.12. The largest absolute Gasteiger partial charge is 0.478 e. The maximum Gasteiger partial charge on any atom is 0.416 e. The number of carboxylic acid groups (broad SMARTS) is 1. The second-order valence-electron chi connectivity index (χ2n) is 5.86. The molecule has 0 heterocycles. The van der Waals surface area contributed by atoms with Crippen LogP contribution < -0.4 is 5.73 Å². The highest BCUT2D eigenvalue weighted by Crippen LogP contribution is 2.47. The lowest BCUT2D eigenvalue weighted by Gasteiger charge is -2.31. The first-order valence-corrected chi connectivity index (χ1v) is 8.05. The van der Waals surface area contributed by atoms with E-state index in [1.807, 2.05) is 13.8 Å². The van der Waals surface area contributed by atoms with Crippen LogP contribution in [0.3, 0.4) is 0 Å². The van der Waals surface area contributed by atoms with Gasteiger partial charge in [-0.05, 0) is 42.9 Å². The molecule has 8 heteroatoms. The average molecular weight is 367 g/mol. The molecule has 1 aromatic carbocycles. The summed E-state index contributed by atoms with van der Waals surface area (Å²) in [4.78, 5) is 11.1. The summed E-state index contributed by atoms with van der Waals surface area (Å²) < 4.78 is 66.5. The number of anilines is 1. The highest BCUT2D eigenvalue weighted by molar-refractivity contribution is 5.95. The van der Waals surface area contributed by atoms with Crippen LogP contribution in [0.1, 0.15) is 72.5 Å². The molecule has 1 aromatic rings. The Bertz CT molecular complexity index is 631. The third-order valence-electron chi connectivity index (χ3n) is 4.34. The van der Waals surface area contributed by atoms with E-state index in [0.29, 0.717) is 6.07 Å². The standard InChI is InChI=1S/C15H16F5NO2.C2H6/c1-7-11(8-2-4-14(16,17)5-3-8)10(15(18,19)20)6-9(12(7)21)13(22)23;1-2/h6,8H,2-5,21H2,1H3,(H,22,23);1-2H3. The Balaban J connectivity index is 0.00000151. The highest BCUT2D eigenvalue weighted by Gasteiger charge is 2.41. The van der Waals surface area contributed by atoms with Gasteiger partial charge in [-0.2, -0.15) is 13.2 Å². The van der Waals surface area contributed by atoms with Gasteiger partial charge in [-0.1, -0.05) is 13.8 Å². The van der Waals surface area contributed by atoms with Gasteiger partial charge in [0.05, 0.1) is 11.1 Å². The van der Waals surface area contributed by atoms with Crippen LogP contribution in [0.4, 0.5) is 27.6 Å². The number of rotatable bonds is 2. The molecule has 0 radical (unpaired) electrons. The topological polar surface area (TPSA) is 63.3 Å². The zero-order valence-electron chi connectivity index (χ0n) is 14.3. The van der Waals surface area contributed by atoms with Gasteiger partial charge in [0, 0.05) is 18.5 Å². The summed E-state index contributed by atoms with van der Waals surface area (Å²) in [5.74, 6) is -5.13. The number of nitrogen functional groups attached to an aromatic ring is 1. The second kappa shape index (κ2) is 7.58. The van der Waals surface area contributed by atoms with Gasteiger partial charge >= 0.3 is 12.1 Å². The van der Waals surface area contributed by atoms with E-state index in [1.165, 1.54) is 6.92 Å². The Morgan fingerprint density at radius 3 is 2.12 bits per heavy atom. The summed E-state index contributed by atoms with van der Waals surface area (Å²) in [6, 6.07) is 0.507. The van der Waals surface area contributed by atoms with Crippen LogP contribution in [0.2, 0.25) is 0 Å². The Morgan fingerprint density at radius 1 is 1.24 bits per heavy atom. The van der Waals surface area contributed by atoms with Crippen molar-refractivity contribution in [3.8, 4) is 0 Å². The fourth-order valence-corrected chi connectivity index (χ4v) is 3.12. The predicted octanol–water partition coefficient (Wildman–Crippen LogP) is 5.61. The molecule has 1 aliphatic rings. The summed E-state index contributed by atoms with van der Waals surface area (Å²) in [7, 11) is 0. The number of carboxylic acids is 1. The molecule has 0 atom stereocenters. The first kappa shape index (κ1) is 21.2. The molecule has 25 heavy (non-hydrogen) atoms. The molecule has 1 aliphatic carbocycles. The van der Waals surface area contributed by atoms with Crippen LogP contribution in [-0.2, 0) is 6.18 Å². The molecule has 2 rings (SSSR count). The van der Waals surface area contributed by atoms with E-state index in [2.05, 4.69) is 0 Å².